The van der Waals surface area contributed by atoms with Crippen molar-refractivity contribution in [3.63, 3.8) is 0 Å². The van der Waals surface area contributed by atoms with Gasteiger partial charge in [0.05, 0.1) is 12.0 Å². The molecule has 1 unspecified atom stereocenters. The van der Waals surface area contributed by atoms with Crippen molar-refractivity contribution in [1.82, 2.24) is 4.90 Å². The lowest BCUT2D eigenvalue weighted by atomic mass is 9.83. The van der Waals surface area contributed by atoms with Gasteiger partial charge in [-0.25, -0.2) is 0 Å². The van der Waals surface area contributed by atoms with Crippen LogP contribution < -0.4 is 0 Å². The molecule has 1 aliphatic heterocycles. The summed E-state index contributed by atoms with van der Waals surface area (Å²) in [6, 6.07) is 10.00. The largest absolute Gasteiger partial charge is 0.481 e. The highest BCUT2D eigenvalue weighted by atomic mass is 16.4. The van der Waals surface area contributed by atoms with Gasteiger partial charge in [-0.1, -0.05) is 31.5 Å². The summed E-state index contributed by atoms with van der Waals surface area (Å²) in [6.07, 6.45) is 2.39. The fourth-order valence-corrected chi connectivity index (χ4v) is 3.39. The Bertz CT molecular complexity index is 615. The predicted octanol–water partition coefficient (Wildman–Crippen LogP) is 3.51. The van der Waals surface area contributed by atoms with Crippen LogP contribution in [-0.4, -0.2) is 29.1 Å². The van der Waals surface area contributed by atoms with E-state index < -0.39 is 11.4 Å². The Labute approximate surface area is 124 Å². The molecule has 112 valence electrons. The first-order valence-electron chi connectivity index (χ1n) is 7.56. The topological polar surface area (TPSA) is 53.7 Å². The lowest BCUT2D eigenvalue weighted by Crippen LogP contribution is -2.34. The lowest BCUT2D eigenvalue weighted by molar-refractivity contribution is -0.148. The summed E-state index contributed by atoms with van der Waals surface area (Å²) in [4.78, 5) is 13.8. The zero-order chi connectivity index (χ0) is 14.9. The summed E-state index contributed by atoms with van der Waals surface area (Å²) >= 11 is 0. The monoisotopic (exact) mass is 287 g/mol. The predicted molar refractivity (Wildman–Crippen MR) is 81.1 cm³/mol. The van der Waals surface area contributed by atoms with Crippen molar-refractivity contribution in [2.75, 3.05) is 13.1 Å². The minimum Gasteiger partial charge on any atom is -0.481 e. The van der Waals surface area contributed by atoms with Gasteiger partial charge in [-0.3, -0.25) is 9.69 Å². The molecule has 0 bridgehead atoms. The van der Waals surface area contributed by atoms with Crippen LogP contribution in [0.25, 0.3) is 11.0 Å². The van der Waals surface area contributed by atoms with Gasteiger partial charge in [0.15, 0.2) is 0 Å². The van der Waals surface area contributed by atoms with E-state index in [0.717, 1.165) is 42.5 Å². The zero-order valence-electron chi connectivity index (χ0n) is 12.3. The van der Waals surface area contributed by atoms with Gasteiger partial charge in [0, 0.05) is 11.9 Å². The molecule has 3 rings (SSSR count). The van der Waals surface area contributed by atoms with E-state index in [9.17, 15) is 9.90 Å². The molecule has 4 heteroatoms. The van der Waals surface area contributed by atoms with Crippen LogP contribution in [0.5, 0.6) is 0 Å². The number of carboxylic acid groups (broad SMARTS) is 1. The highest BCUT2D eigenvalue weighted by molar-refractivity contribution is 5.77. The molecule has 1 fully saturated rings. The van der Waals surface area contributed by atoms with E-state index in [1.165, 1.54) is 0 Å². The molecule has 1 aromatic carbocycles. The van der Waals surface area contributed by atoms with E-state index in [1.54, 1.807) is 0 Å². The lowest BCUT2D eigenvalue weighted by Gasteiger charge is -2.23. The molecule has 0 radical (unpaired) electrons. The molecule has 21 heavy (non-hydrogen) atoms. The Hall–Kier alpha value is -1.81. The molecule has 1 aliphatic rings. The molecule has 1 saturated heterocycles. The van der Waals surface area contributed by atoms with Gasteiger partial charge in [0.1, 0.15) is 11.3 Å². The van der Waals surface area contributed by atoms with Gasteiger partial charge in [-0.2, -0.15) is 0 Å². The molecule has 0 aliphatic carbocycles. The molecule has 2 aromatic rings. The first-order chi connectivity index (χ1) is 10.1. The van der Waals surface area contributed by atoms with Crippen LogP contribution in [0.15, 0.2) is 34.7 Å². The van der Waals surface area contributed by atoms with Gasteiger partial charge in [0.25, 0.3) is 0 Å². The van der Waals surface area contributed by atoms with Gasteiger partial charge < -0.3 is 9.52 Å². The van der Waals surface area contributed by atoms with Crippen LogP contribution in [0.1, 0.15) is 31.9 Å². The third kappa shape index (κ3) is 2.68. The molecule has 4 nitrogen and oxygen atoms in total. The molecule has 0 saturated carbocycles. The molecule has 0 amide bonds. The summed E-state index contributed by atoms with van der Waals surface area (Å²) in [5.41, 5.74) is 0.325. The average Bonchev–Trinajstić information content (AvgIpc) is 3.04. The number of hydrogen-bond donors (Lipinski definition) is 1. The Morgan fingerprint density at radius 3 is 2.95 bits per heavy atom. The molecular weight excluding hydrogens is 266 g/mol. The zero-order valence-corrected chi connectivity index (χ0v) is 12.3. The van der Waals surface area contributed by atoms with Crippen molar-refractivity contribution in [3.8, 4) is 0 Å². The van der Waals surface area contributed by atoms with Crippen molar-refractivity contribution in [1.29, 1.82) is 0 Å². The summed E-state index contributed by atoms with van der Waals surface area (Å²) in [6.45, 7) is 4.18. The van der Waals surface area contributed by atoms with Crippen LogP contribution >= 0.6 is 0 Å². The van der Waals surface area contributed by atoms with E-state index in [-0.39, 0.29) is 0 Å². The molecule has 0 spiro atoms. The van der Waals surface area contributed by atoms with Crippen LogP contribution in [0.2, 0.25) is 0 Å². The number of carbonyl (C=O) groups is 1. The summed E-state index contributed by atoms with van der Waals surface area (Å²) < 4.78 is 5.83. The number of likely N-dealkylation sites (tertiary alicyclic amines) is 1. The number of aliphatic carboxylic acids is 1. The second kappa shape index (κ2) is 5.53. The molecular formula is C17H21NO3. The minimum atomic E-state index is -0.656. The summed E-state index contributed by atoms with van der Waals surface area (Å²) in [7, 11) is 0. The maximum atomic E-state index is 11.6. The van der Waals surface area contributed by atoms with Crippen LogP contribution in [0.3, 0.4) is 0 Å². The smallest absolute Gasteiger partial charge is 0.310 e. The quantitative estimate of drug-likeness (QED) is 0.914. The first kappa shape index (κ1) is 14.1. The SMILES string of the molecule is CCCC1(C(=O)O)CCN(Cc2cc3ccccc3o2)C1. The highest BCUT2D eigenvalue weighted by Crippen LogP contribution is 2.36. The number of benzene rings is 1. The Morgan fingerprint density at radius 1 is 1.43 bits per heavy atom. The number of hydrogen-bond acceptors (Lipinski definition) is 3. The molecule has 2 heterocycles. The van der Waals surface area contributed by atoms with Crippen molar-refractivity contribution in [2.45, 2.75) is 32.7 Å². The number of carboxylic acids is 1. The normalized spacial score (nSPS) is 22.9. The maximum Gasteiger partial charge on any atom is 0.310 e. The molecule has 1 atom stereocenters. The minimum absolute atomic E-state index is 0.569. The molecule has 1 N–H and O–H groups in total. The van der Waals surface area contributed by atoms with Gasteiger partial charge >= 0.3 is 5.97 Å². The average molecular weight is 287 g/mol. The van der Waals surface area contributed by atoms with E-state index in [2.05, 4.69) is 11.0 Å². The maximum absolute atomic E-state index is 11.6. The van der Waals surface area contributed by atoms with E-state index in [1.807, 2.05) is 31.2 Å². The fraction of sp³-hybridized carbons (Fsp3) is 0.471. The van der Waals surface area contributed by atoms with Crippen molar-refractivity contribution in [3.05, 3.63) is 36.1 Å². The van der Waals surface area contributed by atoms with E-state index in [4.69, 9.17) is 4.42 Å². The standard InChI is InChI=1S/C17H21NO3/c1-2-7-17(16(19)20)8-9-18(12-17)11-14-10-13-5-3-4-6-15(13)21-14/h3-6,10H,2,7-9,11-12H2,1H3,(H,19,20). The second-order valence-electron chi connectivity index (χ2n) is 6.05. The number of rotatable bonds is 5. The third-order valence-electron chi connectivity index (χ3n) is 4.47. The van der Waals surface area contributed by atoms with Gasteiger partial charge in [-0.05, 0) is 31.5 Å². The van der Waals surface area contributed by atoms with Crippen LogP contribution in [0, 0.1) is 5.41 Å². The Kier molecular flexibility index (Phi) is 3.72. The number of nitrogens with zero attached hydrogens (tertiary/aromatic N) is 1. The van der Waals surface area contributed by atoms with Crippen molar-refractivity contribution >= 4 is 16.9 Å². The summed E-state index contributed by atoms with van der Waals surface area (Å²) in [5.74, 6) is 0.255. The first-order valence-corrected chi connectivity index (χ1v) is 7.56. The summed E-state index contributed by atoms with van der Waals surface area (Å²) in [5, 5.41) is 10.6. The molecule has 1 aromatic heterocycles. The van der Waals surface area contributed by atoms with E-state index in [0.29, 0.717) is 13.1 Å². The van der Waals surface area contributed by atoms with Gasteiger partial charge in [0.2, 0.25) is 0 Å². The number of fused-ring (bicyclic) bond motifs is 1. The number of furan rings is 1. The van der Waals surface area contributed by atoms with Crippen molar-refractivity contribution in [2.24, 2.45) is 5.41 Å². The van der Waals surface area contributed by atoms with Gasteiger partial charge in [-0.15, -0.1) is 0 Å². The third-order valence-corrected chi connectivity index (χ3v) is 4.47. The Morgan fingerprint density at radius 2 is 2.24 bits per heavy atom. The Balaban J connectivity index is 1.73. The fourth-order valence-electron chi connectivity index (χ4n) is 3.39. The van der Waals surface area contributed by atoms with Crippen molar-refractivity contribution < 1.29 is 14.3 Å². The van der Waals surface area contributed by atoms with Crippen LogP contribution in [-0.2, 0) is 11.3 Å². The second-order valence-corrected chi connectivity index (χ2v) is 6.05. The number of para-hydroxylation sites is 1. The van der Waals surface area contributed by atoms with Crippen LogP contribution in [0.4, 0.5) is 0 Å². The van der Waals surface area contributed by atoms with E-state index >= 15 is 0 Å². The highest BCUT2D eigenvalue weighted by Gasteiger charge is 2.43.